The van der Waals surface area contributed by atoms with Gasteiger partial charge in [0.25, 0.3) is 0 Å². The van der Waals surface area contributed by atoms with Gasteiger partial charge in [0, 0.05) is 27.3 Å². The van der Waals surface area contributed by atoms with Crippen LogP contribution in [0.2, 0.25) is 0 Å². The zero-order valence-corrected chi connectivity index (χ0v) is 21.6. The molecule has 10 heteroatoms. The monoisotopic (exact) mass is 546 g/mol. The van der Waals surface area contributed by atoms with Crippen LogP contribution in [0.3, 0.4) is 0 Å². The number of para-hydroxylation sites is 1. The number of thiazole rings is 1. The Morgan fingerprint density at radius 3 is 2.70 bits per heavy atom. The quantitative estimate of drug-likeness (QED) is 0.412. The molecule has 6 rings (SSSR count). The first-order chi connectivity index (χ1) is 17.7. The smallest absolute Gasteiger partial charge is 0.416 e. The largest absolute Gasteiger partial charge is 0.496 e. The van der Waals surface area contributed by atoms with E-state index in [4.69, 9.17) is 4.74 Å². The number of halogens is 3. The topological polar surface area (TPSA) is 60.3 Å². The van der Waals surface area contributed by atoms with Crippen LogP contribution in [0.5, 0.6) is 5.75 Å². The zero-order chi connectivity index (χ0) is 25.9. The lowest BCUT2D eigenvalue weighted by molar-refractivity contribution is -0.137. The number of nitrogens with zero attached hydrogens (tertiary/aromatic N) is 1. The molecule has 1 N–H and O–H groups in total. The SMILES string of the molecule is COc1ccccc1[C@@H]1c2sc(=O)n(CC(=O)Nc3cccc(C(F)(F)F)c3)c2SC2C3CCC(C3)C21. The van der Waals surface area contributed by atoms with Gasteiger partial charge in [-0.05, 0) is 61.3 Å². The van der Waals surface area contributed by atoms with Crippen LogP contribution >= 0.6 is 23.1 Å². The maximum Gasteiger partial charge on any atom is 0.416 e. The molecular weight excluding hydrogens is 521 g/mol. The number of hydrogen-bond donors (Lipinski definition) is 1. The number of hydrogen-bond acceptors (Lipinski definition) is 5. The molecule has 2 aliphatic carbocycles. The van der Waals surface area contributed by atoms with Gasteiger partial charge in [-0.15, -0.1) is 11.8 Å². The fraction of sp³-hybridized carbons (Fsp3) is 0.407. The Kier molecular flexibility index (Phi) is 6.14. The number of alkyl halides is 3. The highest BCUT2D eigenvalue weighted by Crippen LogP contribution is 2.64. The maximum atomic E-state index is 13.2. The van der Waals surface area contributed by atoms with Gasteiger partial charge in [-0.25, -0.2) is 0 Å². The second-order valence-electron chi connectivity index (χ2n) is 9.96. The second kappa shape index (κ2) is 9.23. The summed E-state index contributed by atoms with van der Waals surface area (Å²) in [5.41, 5.74) is 0.272. The van der Waals surface area contributed by atoms with Gasteiger partial charge in [-0.3, -0.25) is 14.2 Å². The molecule has 2 bridgehead atoms. The molecule has 2 aromatic carbocycles. The molecule has 0 radical (unpaired) electrons. The summed E-state index contributed by atoms with van der Waals surface area (Å²) in [6.45, 7) is -0.252. The molecule has 3 aliphatic rings. The molecule has 4 unspecified atom stereocenters. The number of rotatable bonds is 5. The van der Waals surface area contributed by atoms with E-state index in [2.05, 4.69) is 11.4 Å². The second-order valence-corrected chi connectivity index (χ2v) is 12.1. The number of ether oxygens (including phenoxy) is 1. The molecule has 3 aromatic rings. The van der Waals surface area contributed by atoms with Crippen molar-refractivity contribution in [3.8, 4) is 5.75 Å². The Morgan fingerprint density at radius 2 is 1.92 bits per heavy atom. The molecule has 0 saturated heterocycles. The zero-order valence-electron chi connectivity index (χ0n) is 20.0. The molecular formula is C27H25F3N2O3S2. The van der Waals surface area contributed by atoms with E-state index in [0.717, 1.165) is 33.3 Å². The molecule has 1 aliphatic heterocycles. The molecule has 0 spiro atoms. The maximum absolute atomic E-state index is 13.2. The van der Waals surface area contributed by atoms with E-state index < -0.39 is 17.6 Å². The number of thioether (sulfide) groups is 1. The van der Waals surface area contributed by atoms with Gasteiger partial charge in [0.1, 0.15) is 12.3 Å². The predicted octanol–water partition coefficient (Wildman–Crippen LogP) is 6.23. The third-order valence-corrected chi connectivity index (χ3v) is 10.8. The average molecular weight is 547 g/mol. The fourth-order valence-electron chi connectivity index (χ4n) is 6.48. The van der Waals surface area contributed by atoms with E-state index in [9.17, 15) is 22.8 Å². The summed E-state index contributed by atoms with van der Waals surface area (Å²) in [7, 11) is 1.65. The number of anilines is 1. The first-order valence-electron chi connectivity index (χ1n) is 12.2. The standard InChI is InChI=1S/C27H25F3N2O3S2/c1-35-19-8-3-2-7-18(19)22-21-14-9-10-15(11-14)23(21)36-25-24(22)37-26(34)32(25)13-20(33)31-17-6-4-5-16(12-17)27(28,29)30/h2-8,12,14-15,21-23H,9-11,13H2,1H3,(H,31,33)/t14?,15?,21?,22-,23?/m0/s1. The highest BCUT2D eigenvalue weighted by Gasteiger charge is 2.55. The van der Waals surface area contributed by atoms with Crippen LogP contribution < -0.4 is 14.9 Å². The van der Waals surface area contributed by atoms with Gasteiger partial charge in [0.15, 0.2) is 0 Å². The fourth-order valence-corrected chi connectivity index (χ4v) is 9.62. The number of methoxy groups -OCH3 is 1. The molecule has 2 fully saturated rings. The van der Waals surface area contributed by atoms with E-state index in [1.54, 1.807) is 18.9 Å². The number of nitrogens with one attached hydrogen (secondary N) is 1. The Bertz CT molecular complexity index is 1420. The summed E-state index contributed by atoms with van der Waals surface area (Å²) in [6, 6.07) is 12.5. The van der Waals surface area contributed by atoms with Crippen molar-refractivity contribution in [1.82, 2.24) is 4.57 Å². The molecule has 2 saturated carbocycles. The van der Waals surface area contributed by atoms with E-state index >= 15 is 0 Å². The summed E-state index contributed by atoms with van der Waals surface area (Å²) >= 11 is 2.88. The predicted molar refractivity (Wildman–Crippen MR) is 137 cm³/mol. The Balaban J connectivity index is 1.35. The van der Waals surface area contributed by atoms with Crippen LogP contribution in [0.1, 0.15) is 41.2 Å². The molecule has 2 heterocycles. The van der Waals surface area contributed by atoms with Gasteiger partial charge in [0.05, 0.1) is 17.7 Å². The first-order valence-corrected chi connectivity index (χ1v) is 13.9. The summed E-state index contributed by atoms with van der Waals surface area (Å²) in [5.74, 6) is 1.84. The van der Waals surface area contributed by atoms with Crippen molar-refractivity contribution >= 4 is 34.7 Å². The minimum absolute atomic E-state index is 0.0122. The number of amides is 1. The lowest BCUT2D eigenvalue weighted by atomic mass is 9.74. The van der Waals surface area contributed by atoms with E-state index in [1.807, 2.05) is 18.2 Å². The third kappa shape index (κ3) is 4.27. The average Bonchev–Trinajstić information content (AvgIpc) is 3.57. The van der Waals surface area contributed by atoms with Crippen molar-refractivity contribution < 1.29 is 22.7 Å². The Hall–Kier alpha value is -2.72. The van der Waals surface area contributed by atoms with Crippen LogP contribution in [0.15, 0.2) is 58.4 Å². The number of aromatic nitrogens is 1. The Labute approximate surface area is 220 Å². The summed E-state index contributed by atoms with van der Waals surface area (Å²) in [5, 5.41) is 3.70. The van der Waals surface area contributed by atoms with Crippen LogP contribution in [0.4, 0.5) is 18.9 Å². The molecule has 194 valence electrons. The van der Waals surface area contributed by atoms with Crippen LogP contribution in [0.25, 0.3) is 0 Å². The summed E-state index contributed by atoms with van der Waals surface area (Å²) in [6.07, 6.45) is -0.950. The minimum atomic E-state index is -4.51. The lowest BCUT2D eigenvalue weighted by Gasteiger charge is -2.40. The molecule has 5 atom stereocenters. The van der Waals surface area contributed by atoms with E-state index in [1.165, 1.54) is 47.3 Å². The van der Waals surface area contributed by atoms with Gasteiger partial charge < -0.3 is 10.1 Å². The molecule has 5 nitrogen and oxygen atoms in total. The van der Waals surface area contributed by atoms with Crippen molar-refractivity contribution in [2.45, 2.75) is 48.2 Å². The number of carbonyl (C=O) groups excluding carboxylic acids is 1. The number of carbonyl (C=O) groups is 1. The van der Waals surface area contributed by atoms with Crippen molar-refractivity contribution in [1.29, 1.82) is 0 Å². The first kappa shape index (κ1) is 24.6. The van der Waals surface area contributed by atoms with Crippen molar-refractivity contribution in [2.75, 3.05) is 12.4 Å². The van der Waals surface area contributed by atoms with Gasteiger partial charge >= 0.3 is 11.0 Å². The molecule has 1 aromatic heterocycles. The minimum Gasteiger partial charge on any atom is -0.496 e. The van der Waals surface area contributed by atoms with Crippen molar-refractivity contribution in [3.63, 3.8) is 0 Å². The van der Waals surface area contributed by atoms with Gasteiger partial charge in [-0.2, -0.15) is 13.2 Å². The van der Waals surface area contributed by atoms with E-state index in [-0.39, 0.29) is 23.0 Å². The molecule has 37 heavy (non-hydrogen) atoms. The van der Waals surface area contributed by atoms with Crippen molar-refractivity contribution in [2.24, 2.45) is 17.8 Å². The van der Waals surface area contributed by atoms with Crippen LogP contribution in [-0.2, 0) is 17.5 Å². The van der Waals surface area contributed by atoms with Gasteiger partial charge in [0.2, 0.25) is 5.91 Å². The van der Waals surface area contributed by atoms with Crippen molar-refractivity contribution in [3.05, 3.63) is 74.2 Å². The normalized spacial score (nSPS) is 26.0. The van der Waals surface area contributed by atoms with E-state index in [0.29, 0.717) is 23.0 Å². The highest BCUT2D eigenvalue weighted by atomic mass is 32.2. The highest BCUT2D eigenvalue weighted by molar-refractivity contribution is 8.00. The van der Waals surface area contributed by atoms with Crippen LogP contribution in [-0.4, -0.2) is 22.8 Å². The van der Waals surface area contributed by atoms with Crippen LogP contribution in [0, 0.1) is 17.8 Å². The van der Waals surface area contributed by atoms with Gasteiger partial charge in [-0.1, -0.05) is 35.6 Å². The summed E-state index contributed by atoms with van der Waals surface area (Å²) < 4.78 is 46.5. The third-order valence-electron chi connectivity index (χ3n) is 7.94. The Morgan fingerprint density at radius 1 is 1.14 bits per heavy atom. The summed E-state index contributed by atoms with van der Waals surface area (Å²) in [4.78, 5) is 26.9. The number of fused-ring (bicyclic) bond motifs is 6. The molecule has 1 amide bonds. The number of benzene rings is 2. The lowest BCUT2D eigenvalue weighted by Crippen LogP contribution is -2.35.